The number of benzene rings is 1. The number of aliphatic hydroxyl groups excluding tert-OH is 1. The van der Waals surface area contributed by atoms with Gasteiger partial charge in [-0.25, -0.2) is 9.89 Å². The molecule has 0 spiro atoms. The van der Waals surface area contributed by atoms with Crippen molar-refractivity contribution >= 4 is 5.69 Å². The second kappa shape index (κ2) is 5.71. The van der Waals surface area contributed by atoms with Crippen molar-refractivity contribution in [1.29, 1.82) is 0 Å². The van der Waals surface area contributed by atoms with Crippen molar-refractivity contribution in [2.24, 2.45) is 0 Å². The second-order valence-electron chi connectivity index (χ2n) is 4.74. The predicted octanol–water partition coefficient (Wildman–Crippen LogP) is 1.37. The first-order valence-electron chi connectivity index (χ1n) is 6.22. The molecule has 1 heterocycles. The van der Waals surface area contributed by atoms with E-state index in [1.54, 1.807) is 0 Å². The molecule has 0 aliphatic heterocycles. The van der Waals surface area contributed by atoms with Crippen LogP contribution in [0.15, 0.2) is 29.1 Å². The molecule has 0 radical (unpaired) electrons. The molecule has 1 unspecified atom stereocenters. The summed E-state index contributed by atoms with van der Waals surface area (Å²) in [6, 6.07) is 8.04. The number of nitrogens with zero attached hydrogens (tertiary/aromatic N) is 1. The van der Waals surface area contributed by atoms with Crippen molar-refractivity contribution in [3.63, 3.8) is 0 Å². The number of aromatic nitrogens is 3. The summed E-state index contributed by atoms with van der Waals surface area (Å²) in [4.78, 5) is 13.3. The van der Waals surface area contributed by atoms with E-state index in [1.807, 2.05) is 12.1 Å². The van der Waals surface area contributed by atoms with E-state index in [0.29, 0.717) is 5.92 Å². The van der Waals surface area contributed by atoms with Gasteiger partial charge >= 0.3 is 5.69 Å². The first kappa shape index (κ1) is 13.4. The molecule has 2 aromatic rings. The van der Waals surface area contributed by atoms with Crippen LogP contribution in [0.1, 0.15) is 37.3 Å². The fourth-order valence-corrected chi connectivity index (χ4v) is 1.74. The van der Waals surface area contributed by atoms with E-state index < -0.39 is 11.8 Å². The molecule has 1 atom stereocenters. The highest BCUT2D eigenvalue weighted by Crippen LogP contribution is 2.17. The normalized spacial score (nSPS) is 12.6. The quantitative estimate of drug-likeness (QED) is 0.654. The van der Waals surface area contributed by atoms with Gasteiger partial charge in [-0.15, -0.1) is 0 Å². The Hall–Kier alpha value is -2.08. The summed E-state index contributed by atoms with van der Waals surface area (Å²) in [5.41, 5.74) is 1.76. The Labute approximate surface area is 110 Å². The van der Waals surface area contributed by atoms with Gasteiger partial charge in [0.25, 0.3) is 0 Å². The van der Waals surface area contributed by atoms with Crippen LogP contribution in [0.25, 0.3) is 0 Å². The van der Waals surface area contributed by atoms with Crippen LogP contribution in [-0.4, -0.2) is 26.8 Å². The lowest BCUT2D eigenvalue weighted by Gasteiger charge is -2.11. The maximum atomic E-state index is 10.9. The summed E-state index contributed by atoms with van der Waals surface area (Å²) in [7, 11) is 0. The number of H-pyrrole nitrogens is 2. The van der Waals surface area contributed by atoms with Crippen molar-refractivity contribution in [3.8, 4) is 0 Å². The van der Waals surface area contributed by atoms with Gasteiger partial charge < -0.3 is 10.4 Å². The molecule has 1 aromatic carbocycles. The topological polar surface area (TPSA) is 93.8 Å². The Morgan fingerprint density at radius 2 is 2.00 bits per heavy atom. The molecule has 19 heavy (non-hydrogen) atoms. The maximum Gasteiger partial charge on any atom is 0.340 e. The molecule has 102 valence electrons. The number of aliphatic hydroxyl groups is 1. The van der Waals surface area contributed by atoms with Gasteiger partial charge in [-0.05, 0) is 23.6 Å². The molecule has 0 saturated heterocycles. The largest absolute Gasteiger partial charge is 0.383 e. The molecule has 1 aromatic heterocycles. The summed E-state index contributed by atoms with van der Waals surface area (Å²) in [5, 5.41) is 18.8. The SMILES string of the molecule is CC(C)c1ccc(NCC(O)c2n[nH]c(=O)[nH]2)cc1. The Balaban J connectivity index is 1.93. The first-order chi connectivity index (χ1) is 9.06. The minimum absolute atomic E-state index is 0.233. The van der Waals surface area contributed by atoms with Gasteiger partial charge in [-0.3, -0.25) is 4.98 Å². The van der Waals surface area contributed by atoms with Gasteiger partial charge in [0, 0.05) is 12.2 Å². The van der Waals surface area contributed by atoms with Gasteiger partial charge in [0.1, 0.15) is 6.10 Å². The smallest absolute Gasteiger partial charge is 0.340 e. The van der Waals surface area contributed by atoms with Crippen LogP contribution < -0.4 is 11.0 Å². The van der Waals surface area contributed by atoms with E-state index in [2.05, 4.69) is 46.5 Å². The van der Waals surface area contributed by atoms with Crippen molar-refractivity contribution in [3.05, 3.63) is 46.1 Å². The maximum absolute atomic E-state index is 10.9. The standard InChI is InChI=1S/C13H18N4O2/c1-8(2)9-3-5-10(6-4-9)14-7-11(18)12-15-13(19)17-16-12/h3-6,8,11,14,18H,7H2,1-2H3,(H2,15,16,17,19). The third-order valence-electron chi connectivity index (χ3n) is 2.91. The average Bonchev–Trinajstić information content (AvgIpc) is 2.83. The third kappa shape index (κ3) is 3.45. The van der Waals surface area contributed by atoms with E-state index in [4.69, 9.17) is 0 Å². The van der Waals surface area contributed by atoms with Crippen molar-refractivity contribution < 1.29 is 5.11 Å². The molecule has 0 aliphatic rings. The summed E-state index contributed by atoms with van der Waals surface area (Å²) < 4.78 is 0. The number of hydrogen-bond acceptors (Lipinski definition) is 4. The minimum atomic E-state index is -0.858. The fraction of sp³-hybridized carbons (Fsp3) is 0.385. The van der Waals surface area contributed by atoms with E-state index in [9.17, 15) is 9.90 Å². The number of anilines is 1. The molecule has 0 fully saturated rings. The summed E-state index contributed by atoms with van der Waals surface area (Å²) in [6.45, 7) is 4.56. The molecular formula is C13H18N4O2. The van der Waals surface area contributed by atoms with Crippen LogP contribution in [0.2, 0.25) is 0 Å². The molecule has 0 amide bonds. The highest BCUT2D eigenvalue weighted by Gasteiger charge is 2.11. The molecule has 0 saturated carbocycles. The average molecular weight is 262 g/mol. The Morgan fingerprint density at radius 1 is 1.32 bits per heavy atom. The molecule has 0 bridgehead atoms. The second-order valence-corrected chi connectivity index (χ2v) is 4.74. The van der Waals surface area contributed by atoms with Gasteiger partial charge in [-0.1, -0.05) is 26.0 Å². The highest BCUT2D eigenvalue weighted by molar-refractivity contribution is 5.45. The molecule has 0 aliphatic carbocycles. The van der Waals surface area contributed by atoms with Crippen LogP contribution in [0.3, 0.4) is 0 Å². The predicted molar refractivity (Wildman–Crippen MR) is 73.2 cm³/mol. The summed E-state index contributed by atoms with van der Waals surface area (Å²) in [6.07, 6.45) is -0.858. The number of rotatable bonds is 5. The van der Waals surface area contributed by atoms with Crippen LogP contribution in [0, 0.1) is 0 Å². The zero-order chi connectivity index (χ0) is 13.8. The van der Waals surface area contributed by atoms with E-state index in [1.165, 1.54) is 5.56 Å². The van der Waals surface area contributed by atoms with Crippen LogP contribution in [0.4, 0.5) is 5.69 Å². The Kier molecular flexibility index (Phi) is 4.01. The lowest BCUT2D eigenvalue weighted by molar-refractivity contribution is 0.182. The van der Waals surface area contributed by atoms with Gasteiger partial charge in [-0.2, -0.15) is 5.10 Å². The summed E-state index contributed by atoms with van der Waals surface area (Å²) in [5.74, 6) is 0.727. The zero-order valence-corrected chi connectivity index (χ0v) is 11.0. The van der Waals surface area contributed by atoms with Crippen LogP contribution in [-0.2, 0) is 0 Å². The van der Waals surface area contributed by atoms with Gasteiger partial charge in [0.2, 0.25) is 0 Å². The number of nitrogens with one attached hydrogen (secondary N) is 3. The monoisotopic (exact) mass is 262 g/mol. The summed E-state index contributed by atoms with van der Waals surface area (Å²) >= 11 is 0. The van der Waals surface area contributed by atoms with E-state index >= 15 is 0 Å². The van der Waals surface area contributed by atoms with E-state index in [0.717, 1.165) is 5.69 Å². The third-order valence-corrected chi connectivity index (χ3v) is 2.91. The Bertz CT molecular complexity index is 571. The molecule has 4 N–H and O–H groups in total. The van der Waals surface area contributed by atoms with Crippen LogP contribution in [0.5, 0.6) is 0 Å². The van der Waals surface area contributed by atoms with Crippen LogP contribution >= 0.6 is 0 Å². The number of hydrogen-bond donors (Lipinski definition) is 4. The molecule has 2 rings (SSSR count). The van der Waals surface area contributed by atoms with Crippen molar-refractivity contribution in [2.75, 3.05) is 11.9 Å². The van der Waals surface area contributed by atoms with Gasteiger partial charge in [0.05, 0.1) is 0 Å². The lowest BCUT2D eigenvalue weighted by atomic mass is 10.0. The minimum Gasteiger partial charge on any atom is -0.383 e. The van der Waals surface area contributed by atoms with Crippen molar-refractivity contribution in [1.82, 2.24) is 15.2 Å². The van der Waals surface area contributed by atoms with Crippen molar-refractivity contribution in [2.45, 2.75) is 25.9 Å². The molecular weight excluding hydrogens is 244 g/mol. The van der Waals surface area contributed by atoms with Gasteiger partial charge in [0.15, 0.2) is 5.82 Å². The first-order valence-corrected chi connectivity index (χ1v) is 6.22. The fourth-order valence-electron chi connectivity index (χ4n) is 1.74. The highest BCUT2D eigenvalue weighted by atomic mass is 16.3. The lowest BCUT2D eigenvalue weighted by Crippen LogP contribution is -2.14. The zero-order valence-electron chi connectivity index (χ0n) is 11.0. The molecule has 6 nitrogen and oxygen atoms in total. The number of aromatic amines is 2. The van der Waals surface area contributed by atoms with E-state index in [-0.39, 0.29) is 12.4 Å². The molecule has 6 heteroatoms. The Morgan fingerprint density at radius 3 is 2.53 bits per heavy atom.